The smallest absolute Gasteiger partial charge is 0.342 e. The van der Waals surface area contributed by atoms with E-state index in [4.69, 9.17) is 14.2 Å². The number of rotatable bonds is 6. The van der Waals surface area contributed by atoms with Crippen LogP contribution in [0.25, 0.3) is 0 Å². The molecule has 7 nitrogen and oxygen atoms in total. The van der Waals surface area contributed by atoms with E-state index in [1.807, 2.05) is 30.3 Å². The number of nitrogens with one attached hydrogen (secondary N) is 1. The predicted octanol–water partition coefficient (Wildman–Crippen LogP) is 2.73. The lowest BCUT2D eigenvalue weighted by Crippen LogP contribution is -2.50. The van der Waals surface area contributed by atoms with Gasteiger partial charge in [-0.3, -0.25) is 0 Å². The summed E-state index contributed by atoms with van der Waals surface area (Å²) in [5.74, 6) is -2.38. The molecular formula is C20H27NO6S. The number of benzene rings is 1. The maximum absolute atomic E-state index is 12.8. The Balaban J connectivity index is 2.30. The van der Waals surface area contributed by atoms with Crippen LogP contribution in [0.5, 0.6) is 0 Å². The standard InChI is InChI=1S/C20H27NO6S/c1-13-15(17(22)27-20(5,6)26-13)16(21-28(24)19(2,3)4)18(23)25-12-14-10-8-7-9-11-14/h7-11,16,21H,12H2,1-6H3/t16-,28-/m1/s1. The van der Waals surface area contributed by atoms with Crippen molar-refractivity contribution in [1.29, 1.82) is 0 Å². The normalized spacial score (nSPS) is 18.7. The number of hydrogen-bond acceptors (Lipinski definition) is 6. The van der Waals surface area contributed by atoms with Gasteiger partial charge in [0.2, 0.25) is 5.79 Å². The summed E-state index contributed by atoms with van der Waals surface area (Å²) >= 11 is 0. The van der Waals surface area contributed by atoms with Crippen molar-refractivity contribution in [3.63, 3.8) is 0 Å². The zero-order valence-electron chi connectivity index (χ0n) is 17.0. The molecule has 1 aliphatic rings. The van der Waals surface area contributed by atoms with Crippen LogP contribution in [0.2, 0.25) is 0 Å². The van der Waals surface area contributed by atoms with Gasteiger partial charge in [-0.05, 0) is 33.3 Å². The summed E-state index contributed by atoms with van der Waals surface area (Å²) < 4.78 is 30.9. The first kappa shape index (κ1) is 22.1. The highest BCUT2D eigenvalue weighted by molar-refractivity contribution is 7.84. The molecule has 1 aliphatic heterocycles. The Morgan fingerprint density at radius 1 is 1.21 bits per heavy atom. The van der Waals surface area contributed by atoms with Gasteiger partial charge in [0.15, 0.2) is 6.04 Å². The molecular weight excluding hydrogens is 382 g/mol. The van der Waals surface area contributed by atoms with Crippen molar-refractivity contribution in [3.05, 3.63) is 47.2 Å². The summed E-state index contributed by atoms with van der Waals surface area (Å²) in [6.07, 6.45) is 0. The number of hydrogen-bond donors (Lipinski definition) is 1. The third-order valence-corrected chi connectivity index (χ3v) is 5.43. The Labute approximate surface area is 168 Å². The first-order chi connectivity index (χ1) is 12.9. The highest BCUT2D eigenvalue weighted by Gasteiger charge is 2.42. The fourth-order valence-corrected chi connectivity index (χ4v) is 3.29. The van der Waals surface area contributed by atoms with Crippen LogP contribution in [0, 0.1) is 0 Å². The molecule has 0 saturated carbocycles. The second-order valence-electron chi connectivity index (χ2n) is 7.89. The van der Waals surface area contributed by atoms with E-state index in [9.17, 15) is 13.8 Å². The van der Waals surface area contributed by atoms with Gasteiger partial charge in [0.25, 0.3) is 0 Å². The maximum atomic E-state index is 12.8. The lowest BCUT2D eigenvalue weighted by molar-refractivity contribution is -0.208. The zero-order valence-corrected chi connectivity index (χ0v) is 17.8. The SMILES string of the molecule is CC1=C([C@@H](N[S@](=O)C(C)(C)C)C(=O)OCc2ccccc2)C(=O)OC(C)(C)O1. The van der Waals surface area contributed by atoms with Gasteiger partial charge in [0.05, 0.1) is 15.7 Å². The van der Waals surface area contributed by atoms with Crippen LogP contribution in [0.3, 0.4) is 0 Å². The van der Waals surface area contributed by atoms with Crippen LogP contribution in [0.1, 0.15) is 47.1 Å². The molecule has 2 atom stereocenters. The van der Waals surface area contributed by atoms with Gasteiger partial charge < -0.3 is 14.2 Å². The Morgan fingerprint density at radius 2 is 1.82 bits per heavy atom. The van der Waals surface area contributed by atoms with E-state index in [-0.39, 0.29) is 17.9 Å². The lowest BCUT2D eigenvalue weighted by atomic mass is 10.1. The molecule has 154 valence electrons. The van der Waals surface area contributed by atoms with Crippen molar-refractivity contribution >= 4 is 22.9 Å². The van der Waals surface area contributed by atoms with Crippen LogP contribution >= 0.6 is 0 Å². The Morgan fingerprint density at radius 3 is 2.36 bits per heavy atom. The summed E-state index contributed by atoms with van der Waals surface area (Å²) in [6, 6.07) is 7.85. The van der Waals surface area contributed by atoms with Crippen molar-refractivity contribution in [2.75, 3.05) is 0 Å². The molecule has 2 rings (SSSR count). The van der Waals surface area contributed by atoms with E-state index in [0.29, 0.717) is 0 Å². The molecule has 1 aromatic rings. The van der Waals surface area contributed by atoms with E-state index >= 15 is 0 Å². The average Bonchev–Trinajstić information content (AvgIpc) is 2.57. The second kappa shape index (κ2) is 8.45. The van der Waals surface area contributed by atoms with Crippen LogP contribution < -0.4 is 4.72 Å². The maximum Gasteiger partial charge on any atom is 0.342 e. The summed E-state index contributed by atoms with van der Waals surface area (Å²) in [4.78, 5) is 25.4. The first-order valence-corrected chi connectivity index (χ1v) is 10.1. The van der Waals surface area contributed by atoms with E-state index < -0.39 is 39.5 Å². The molecule has 8 heteroatoms. The molecule has 0 radical (unpaired) electrons. The fraction of sp³-hybridized carbons (Fsp3) is 0.500. The van der Waals surface area contributed by atoms with Crippen LogP contribution in [0.4, 0.5) is 0 Å². The van der Waals surface area contributed by atoms with Crippen LogP contribution in [-0.4, -0.2) is 32.7 Å². The molecule has 0 aromatic heterocycles. The van der Waals surface area contributed by atoms with Crippen molar-refractivity contribution in [1.82, 2.24) is 4.72 Å². The molecule has 0 amide bonds. The van der Waals surface area contributed by atoms with E-state index in [0.717, 1.165) is 5.56 Å². The number of allylic oxidation sites excluding steroid dienone is 1. The first-order valence-electron chi connectivity index (χ1n) is 8.92. The average molecular weight is 410 g/mol. The Bertz CT molecular complexity index is 795. The molecule has 0 spiro atoms. The fourth-order valence-electron chi connectivity index (χ4n) is 2.51. The number of esters is 2. The highest BCUT2D eigenvalue weighted by atomic mass is 32.2. The predicted molar refractivity (Wildman–Crippen MR) is 105 cm³/mol. The minimum atomic E-state index is -1.64. The molecule has 0 aliphatic carbocycles. The number of ether oxygens (including phenoxy) is 3. The topological polar surface area (TPSA) is 90.9 Å². The van der Waals surface area contributed by atoms with Crippen molar-refractivity contribution in [2.24, 2.45) is 0 Å². The van der Waals surface area contributed by atoms with Gasteiger partial charge >= 0.3 is 11.9 Å². The largest absolute Gasteiger partial charge is 0.459 e. The van der Waals surface area contributed by atoms with Crippen molar-refractivity contribution < 1.29 is 28.0 Å². The summed E-state index contributed by atoms with van der Waals surface area (Å²) in [5, 5.41) is 0. The minimum Gasteiger partial charge on any atom is -0.459 e. The zero-order chi connectivity index (χ0) is 21.1. The Kier molecular flexibility index (Phi) is 6.67. The van der Waals surface area contributed by atoms with Gasteiger partial charge in [-0.15, -0.1) is 0 Å². The quantitative estimate of drug-likeness (QED) is 0.727. The van der Waals surface area contributed by atoms with Crippen LogP contribution in [0.15, 0.2) is 41.7 Å². The third-order valence-electron chi connectivity index (χ3n) is 3.87. The van der Waals surface area contributed by atoms with Crippen molar-refractivity contribution in [3.8, 4) is 0 Å². The minimum absolute atomic E-state index is 0.0216. The van der Waals surface area contributed by atoms with E-state index in [1.165, 1.54) is 0 Å². The van der Waals surface area contributed by atoms with Gasteiger partial charge in [-0.25, -0.2) is 18.5 Å². The molecule has 0 fully saturated rings. The molecule has 1 aromatic carbocycles. The molecule has 0 saturated heterocycles. The van der Waals surface area contributed by atoms with Crippen molar-refractivity contribution in [2.45, 2.75) is 64.7 Å². The Hall–Kier alpha value is -2.19. The van der Waals surface area contributed by atoms with Gasteiger partial charge in [-0.1, -0.05) is 30.3 Å². The van der Waals surface area contributed by atoms with Crippen LogP contribution in [-0.2, 0) is 41.4 Å². The molecule has 1 heterocycles. The number of cyclic esters (lactones) is 1. The van der Waals surface area contributed by atoms with E-state index in [2.05, 4.69) is 4.72 Å². The third kappa shape index (κ3) is 5.65. The lowest BCUT2D eigenvalue weighted by Gasteiger charge is -2.34. The summed E-state index contributed by atoms with van der Waals surface area (Å²) in [6.45, 7) is 10.0. The molecule has 0 unspecified atom stereocenters. The number of carbonyl (C=O) groups excluding carboxylic acids is 2. The molecule has 0 bridgehead atoms. The van der Waals surface area contributed by atoms with E-state index in [1.54, 1.807) is 41.5 Å². The second-order valence-corrected chi connectivity index (χ2v) is 9.88. The van der Waals surface area contributed by atoms with Gasteiger partial charge in [-0.2, -0.15) is 0 Å². The van der Waals surface area contributed by atoms with Gasteiger partial charge in [0.1, 0.15) is 17.9 Å². The molecule has 28 heavy (non-hydrogen) atoms. The molecule has 1 N–H and O–H groups in total. The number of carbonyl (C=O) groups is 2. The van der Waals surface area contributed by atoms with Gasteiger partial charge in [0, 0.05) is 13.8 Å². The monoisotopic (exact) mass is 409 g/mol. The highest BCUT2D eigenvalue weighted by Crippen LogP contribution is 2.29. The summed E-state index contributed by atoms with van der Waals surface area (Å²) in [5.41, 5.74) is 0.746. The summed E-state index contributed by atoms with van der Waals surface area (Å²) in [7, 11) is -1.64.